The molecule has 2 unspecified atom stereocenters. The number of carboxylic acids is 1. The van der Waals surface area contributed by atoms with Gasteiger partial charge in [-0.3, -0.25) is 4.79 Å². The lowest BCUT2D eigenvalue weighted by Gasteiger charge is -2.43. The lowest BCUT2D eigenvalue weighted by Crippen LogP contribution is -2.47. The van der Waals surface area contributed by atoms with Crippen LogP contribution in [0.15, 0.2) is 0 Å². The molecule has 3 N–H and O–H groups in total. The Morgan fingerprint density at radius 2 is 2.33 bits per heavy atom. The number of nitrogens with zero attached hydrogens (tertiary/aromatic N) is 1. The highest BCUT2D eigenvalue weighted by Crippen LogP contribution is 2.40. The van der Waals surface area contributed by atoms with Crippen molar-refractivity contribution in [2.24, 2.45) is 11.1 Å². The Balaban J connectivity index is 2.04. The Kier molecular flexibility index (Phi) is 2.98. The van der Waals surface area contributed by atoms with Gasteiger partial charge >= 0.3 is 5.97 Å². The van der Waals surface area contributed by atoms with Crippen molar-refractivity contribution in [3.05, 3.63) is 0 Å². The molecule has 15 heavy (non-hydrogen) atoms. The normalized spacial score (nSPS) is 36.5. The van der Waals surface area contributed by atoms with Crippen LogP contribution in [0.2, 0.25) is 0 Å². The van der Waals surface area contributed by atoms with E-state index < -0.39 is 5.97 Å². The van der Waals surface area contributed by atoms with Crippen LogP contribution in [-0.4, -0.2) is 41.7 Å². The molecule has 2 aliphatic rings. The van der Waals surface area contributed by atoms with E-state index >= 15 is 0 Å². The molecule has 2 heterocycles. The summed E-state index contributed by atoms with van der Waals surface area (Å²) < 4.78 is 0. The second-order valence-corrected chi connectivity index (χ2v) is 5.06. The molecule has 2 aliphatic heterocycles. The fourth-order valence-corrected chi connectivity index (χ4v) is 3.14. The van der Waals surface area contributed by atoms with Crippen LogP contribution in [-0.2, 0) is 4.79 Å². The number of rotatable bonds is 3. The van der Waals surface area contributed by atoms with Crippen LogP contribution in [0.5, 0.6) is 0 Å². The van der Waals surface area contributed by atoms with E-state index in [1.165, 1.54) is 19.4 Å². The first-order chi connectivity index (χ1) is 7.15. The highest BCUT2D eigenvalue weighted by Gasteiger charge is 2.41. The minimum atomic E-state index is -0.702. The van der Waals surface area contributed by atoms with Crippen LogP contribution in [0, 0.1) is 5.41 Å². The zero-order valence-corrected chi connectivity index (χ0v) is 9.11. The molecule has 4 nitrogen and oxygen atoms in total. The third-order valence-electron chi connectivity index (χ3n) is 4.06. The number of hydrogen-bond donors (Lipinski definition) is 2. The molecule has 0 radical (unpaired) electrons. The molecule has 4 heteroatoms. The van der Waals surface area contributed by atoms with Crippen molar-refractivity contribution < 1.29 is 9.90 Å². The molecule has 2 saturated heterocycles. The number of carbonyl (C=O) groups is 1. The summed E-state index contributed by atoms with van der Waals surface area (Å²) in [5.74, 6) is -0.702. The first kappa shape index (κ1) is 10.9. The Morgan fingerprint density at radius 1 is 1.53 bits per heavy atom. The number of carboxylic acid groups (broad SMARTS) is 1. The van der Waals surface area contributed by atoms with E-state index in [4.69, 9.17) is 10.8 Å². The molecule has 0 saturated carbocycles. The van der Waals surface area contributed by atoms with Crippen LogP contribution in [0.25, 0.3) is 0 Å². The maximum atomic E-state index is 10.9. The van der Waals surface area contributed by atoms with Gasteiger partial charge in [-0.15, -0.1) is 0 Å². The molecule has 0 aromatic rings. The summed E-state index contributed by atoms with van der Waals surface area (Å²) >= 11 is 0. The second-order valence-electron chi connectivity index (χ2n) is 5.06. The standard InChI is InChI=1S/C11H20N2O2/c12-8-11(7-10(14)15)3-5-13-4-1-2-9(13)6-11/h9H,1-8,12H2,(H,14,15). The number of piperidine rings is 1. The van der Waals surface area contributed by atoms with Crippen LogP contribution < -0.4 is 5.73 Å². The minimum absolute atomic E-state index is 0.128. The minimum Gasteiger partial charge on any atom is -0.481 e. The maximum Gasteiger partial charge on any atom is 0.303 e. The predicted molar refractivity (Wildman–Crippen MR) is 57.6 cm³/mol. The van der Waals surface area contributed by atoms with Gasteiger partial charge in [-0.05, 0) is 50.7 Å². The van der Waals surface area contributed by atoms with E-state index in [0.29, 0.717) is 12.6 Å². The SMILES string of the molecule is NCC1(CC(=O)O)CCN2CCCC2C1. The molecule has 0 aromatic heterocycles. The molecule has 86 valence electrons. The van der Waals surface area contributed by atoms with E-state index in [1.54, 1.807) is 0 Å². The zero-order valence-electron chi connectivity index (χ0n) is 9.11. The van der Waals surface area contributed by atoms with Crippen molar-refractivity contribution in [3.8, 4) is 0 Å². The van der Waals surface area contributed by atoms with Crippen LogP contribution in [0.1, 0.15) is 32.1 Å². The number of aliphatic carboxylic acids is 1. The summed E-state index contributed by atoms with van der Waals surface area (Å²) in [6, 6.07) is 0.599. The molecular weight excluding hydrogens is 192 g/mol. The van der Waals surface area contributed by atoms with Gasteiger partial charge in [0.25, 0.3) is 0 Å². The summed E-state index contributed by atoms with van der Waals surface area (Å²) in [5, 5.41) is 8.93. The summed E-state index contributed by atoms with van der Waals surface area (Å²) in [6.45, 7) is 2.75. The Hall–Kier alpha value is -0.610. The fourth-order valence-electron chi connectivity index (χ4n) is 3.14. The number of nitrogens with two attached hydrogens (primary N) is 1. The van der Waals surface area contributed by atoms with Crippen molar-refractivity contribution in [2.75, 3.05) is 19.6 Å². The highest BCUT2D eigenvalue weighted by molar-refractivity contribution is 5.67. The highest BCUT2D eigenvalue weighted by atomic mass is 16.4. The van der Waals surface area contributed by atoms with Gasteiger partial charge in [0.2, 0.25) is 0 Å². The quantitative estimate of drug-likeness (QED) is 0.721. The van der Waals surface area contributed by atoms with Gasteiger partial charge in [-0.1, -0.05) is 0 Å². The average molecular weight is 212 g/mol. The van der Waals surface area contributed by atoms with E-state index in [-0.39, 0.29) is 11.8 Å². The zero-order chi connectivity index (χ0) is 10.9. The van der Waals surface area contributed by atoms with Gasteiger partial charge < -0.3 is 15.7 Å². The first-order valence-electron chi connectivity index (χ1n) is 5.81. The molecule has 0 amide bonds. The maximum absolute atomic E-state index is 10.9. The molecule has 0 bridgehead atoms. The number of hydrogen-bond acceptors (Lipinski definition) is 3. The van der Waals surface area contributed by atoms with E-state index in [0.717, 1.165) is 19.4 Å². The van der Waals surface area contributed by atoms with E-state index in [1.807, 2.05) is 0 Å². The monoisotopic (exact) mass is 212 g/mol. The molecule has 0 spiro atoms. The van der Waals surface area contributed by atoms with Crippen molar-refractivity contribution in [1.82, 2.24) is 4.90 Å². The summed E-state index contributed by atoms with van der Waals surface area (Å²) in [5.41, 5.74) is 5.66. The Morgan fingerprint density at radius 3 is 3.00 bits per heavy atom. The summed E-state index contributed by atoms with van der Waals surface area (Å²) in [4.78, 5) is 13.4. The molecule has 2 rings (SSSR count). The van der Waals surface area contributed by atoms with Gasteiger partial charge in [0.05, 0.1) is 6.42 Å². The smallest absolute Gasteiger partial charge is 0.303 e. The average Bonchev–Trinajstić information content (AvgIpc) is 2.63. The predicted octanol–water partition coefficient (Wildman–Crippen LogP) is 0.664. The Bertz CT molecular complexity index is 257. The van der Waals surface area contributed by atoms with Gasteiger partial charge in [0, 0.05) is 6.04 Å². The largest absolute Gasteiger partial charge is 0.481 e. The van der Waals surface area contributed by atoms with Crippen LogP contribution in [0.3, 0.4) is 0 Å². The summed E-state index contributed by atoms with van der Waals surface area (Å²) in [7, 11) is 0. The lowest BCUT2D eigenvalue weighted by molar-refractivity contribution is -0.140. The molecular formula is C11H20N2O2. The third kappa shape index (κ3) is 2.16. The van der Waals surface area contributed by atoms with Crippen molar-refractivity contribution in [1.29, 1.82) is 0 Å². The summed E-state index contributed by atoms with van der Waals surface area (Å²) in [6.07, 6.45) is 4.66. The van der Waals surface area contributed by atoms with E-state index in [9.17, 15) is 4.79 Å². The third-order valence-corrected chi connectivity index (χ3v) is 4.06. The van der Waals surface area contributed by atoms with Gasteiger partial charge in [0.1, 0.15) is 0 Å². The molecule has 0 aromatic carbocycles. The van der Waals surface area contributed by atoms with Crippen molar-refractivity contribution in [3.63, 3.8) is 0 Å². The van der Waals surface area contributed by atoms with Crippen molar-refractivity contribution >= 4 is 5.97 Å². The fraction of sp³-hybridized carbons (Fsp3) is 0.909. The second kappa shape index (κ2) is 4.10. The molecule has 2 atom stereocenters. The van der Waals surface area contributed by atoms with Crippen LogP contribution >= 0.6 is 0 Å². The number of fused-ring (bicyclic) bond motifs is 1. The van der Waals surface area contributed by atoms with Crippen LogP contribution in [0.4, 0.5) is 0 Å². The van der Waals surface area contributed by atoms with Gasteiger partial charge in [0.15, 0.2) is 0 Å². The lowest BCUT2D eigenvalue weighted by atomic mass is 9.73. The molecule has 0 aliphatic carbocycles. The topological polar surface area (TPSA) is 66.6 Å². The van der Waals surface area contributed by atoms with Gasteiger partial charge in [-0.25, -0.2) is 0 Å². The molecule has 2 fully saturated rings. The Labute approximate surface area is 90.4 Å². The van der Waals surface area contributed by atoms with E-state index in [2.05, 4.69) is 4.90 Å². The van der Waals surface area contributed by atoms with Gasteiger partial charge in [-0.2, -0.15) is 0 Å². The van der Waals surface area contributed by atoms with Crippen molar-refractivity contribution in [2.45, 2.75) is 38.1 Å². The first-order valence-corrected chi connectivity index (χ1v) is 5.81.